The Balaban J connectivity index is 0.000000175. The van der Waals surface area contributed by atoms with Crippen LogP contribution in [0.5, 0.6) is 17.6 Å². The Kier molecular flexibility index (Phi) is 16.7. The summed E-state index contributed by atoms with van der Waals surface area (Å²) >= 11 is 0. The summed E-state index contributed by atoms with van der Waals surface area (Å²) in [6.07, 6.45) is -18.0. The summed E-state index contributed by atoms with van der Waals surface area (Å²) in [5.74, 6) is -2.80. The van der Waals surface area contributed by atoms with E-state index in [0.717, 1.165) is 18.8 Å². The molecule has 39 heteroatoms. The minimum Gasteiger partial charge on any atom is -0.469 e. The largest absolute Gasteiger partial charge is 0.469 e. The fraction of sp³-hybridized carbons (Fsp3) is 0.714. The molecule has 1 unspecified atom stereocenters. The van der Waals surface area contributed by atoms with Gasteiger partial charge in [0, 0.05) is 40.4 Å². The molecule has 0 N–H and O–H groups in total. The van der Waals surface area contributed by atoms with Gasteiger partial charge in [-0.3, -0.25) is 0 Å². The number of ether oxygens (including phenoxy) is 6. The number of oxime groups is 3. The molecule has 0 radical (unpaired) electrons. The van der Waals surface area contributed by atoms with Gasteiger partial charge in [-0.05, 0) is 41.5 Å². The zero-order valence-corrected chi connectivity index (χ0v) is 46.2. The van der Waals surface area contributed by atoms with Gasteiger partial charge in [0.2, 0.25) is 33.0 Å². The lowest BCUT2D eigenvalue weighted by molar-refractivity contribution is -0.144. The highest BCUT2D eigenvalue weighted by molar-refractivity contribution is 8.07. The highest BCUT2D eigenvalue weighted by Crippen LogP contribution is 2.49. The lowest BCUT2D eigenvalue weighted by Crippen LogP contribution is -2.40. The van der Waals surface area contributed by atoms with Crippen LogP contribution >= 0.6 is 0 Å². The van der Waals surface area contributed by atoms with Crippen molar-refractivity contribution < 1.29 is 121 Å². The van der Waals surface area contributed by atoms with Crippen LogP contribution in [0.2, 0.25) is 0 Å². The molecular formula is C42H51F12N9O15S3. The Morgan fingerprint density at radius 2 is 0.889 bits per heavy atom. The van der Waals surface area contributed by atoms with Gasteiger partial charge in [-0.2, -0.15) is 63.6 Å². The molecule has 0 spiro atoms. The van der Waals surface area contributed by atoms with Crippen LogP contribution in [-0.4, -0.2) is 144 Å². The molecule has 3 saturated heterocycles. The second-order valence-electron chi connectivity index (χ2n) is 20.6. The first-order valence-corrected chi connectivity index (χ1v) is 28.2. The average molecular weight is 1250 g/mol. The number of hydrogen-bond donors (Lipinski definition) is 0. The van der Waals surface area contributed by atoms with Crippen molar-refractivity contribution in [2.75, 3.05) is 39.6 Å². The van der Waals surface area contributed by atoms with Gasteiger partial charge in [0.05, 0.1) is 56.5 Å². The van der Waals surface area contributed by atoms with Gasteiger partial charge in [0.25, 0.3) is 9.84 Å². The molecular weight excluding hydrogens is 1190 g/mol. The van der Waals surface area contributed by atoms with Crippen molar-refractivity contribution in [3.63, 3.8) is 0 Å². The first-order chi connectivity index (χ1) is 36.9. The molecule has 0 aromatic carbocycles. The molecule has 0 aliphatic carbocycles. The molecule has 1 atom stereocenters. The van der Waals surface area contributed by atoms with Crippen LogP contribution in [-0.2, 0) is 109 Å². The van der Waals surface area contributed by atoms with Gasteiger partial charge in [-0.25, -0.2) is 43.7 Å². The maximum atomic E-state index is 15.1. The minimum absolute atomic E-state index is 0.0242. The van der Waals surface area contributed by atoms with Gasteiger partial charge in [-0.1, -0.05) is 15.5 Å². The Hall–Kier alpha value is -5.67. The molecule has 3 fully saturated rings. The highest BCUT2D eigenvalue weighted by Gasteiger charge is 2.60. The quantitative estimate of drug-likeness (QED) is 0.189. The molecule has 9 heterocycles. The monoisotopic (exact) mass is 1250 g/mol. The zero-order chi connectivity index (χ0) is 60.6. The average Bonchev–Trinajstić information content (AvgIpc) is 4.13. The van der Waals surface area contributed by atoms with Crippen molar-refractivity contribution in [1.29, 1.82) is 0 Å². The van der Waals surface area contributed by atoms with Gasteiger partial charge >= 0.3 is 23.8 Å². The lowest BCUT2D eigenvalue weighted by atomic mass is 10.1. The predicted molar refractivity (Wildman–Crippen MR) is 250 cm³/mol. The molecule has 6 aliphatic heterocycles. The SMILES string of the molecule is Cn1nc(C(F)(F)F)c(C(F)(F)S(=O)(=O)C2=NOC(C)(C)C2)c1OC1COC1.Cn1nc(C(F)(F)F)c(C(F)S(=O)(=O)C2=NOC(C)(C)C2)c1OC1COC1.Cn1nc(C(F)(F)F)c(CS(=O)(=O)C2=NOC(C)(C)C2)c1OC1COC1. The van der Waals surface area contributed by atoms with E-state index in [9.17, 15) is 64.8 Å². The van der Waals surface area contributed by atoms with E-state index in [0.29, 0.717) is 9.36 Å². The standard InChI is InChI=1S/C14H16F5N3O5S.C14H17F4N3O5S.C14H18F3N3O5S/c1-12(2)4-8(21-27-12)28(23,24)14(18,19)9-10(13(15,16)17)20-22(3)11(9)26-7-5-25-6-7;1-13(2)4-8(20-26-13)27(22,23)11(15)9-10(14(16,17)18)19-21(3)12(9)25-7-5-24-6-7;1-13(2)4-10(19-25-13)26(21,22)7-9-11(14(15,16)17)18-20(3)12(9)24-8-5-23-6-8/h7H,4-6H2,1-3H3;7,11H,4-6H2,1-3H3;8H,4-7H2,1-3H3. The zero-order valence-electron chi connectivity index (χ0n) is 43.8. The molecule has 81 heavy (non-hydrogen) atoms. The molecule has 3 aromatic heterocycles. The Labute approximate surface area is 452 Å². The highest BCUT2D eigenvalue weighted by atomic mass is 32.2. The minimum atomic E-state index is -5.65. The third kappa shape index (κ3) is 13.2. The summed E-state index contributed by atoms with van der Waals surface area (Å²) < 4.78 is 273. The van der Waals surface area contributed by atoms with Crippen molar-refractivity contribution >= 4 is 44.6 Å². The van der Waals surface area contributed by atoms with Crippen LogP contribution in [0.15, 0.2) is 15.5 Å². The summed E-state index contributed by atoms with van der Waals surface area (Å²) in [6, 6.07) is 0. The van der Waals surface area contributed by atoms with E-state index in [1.807, 2.05) is 0 Å². The second-order valence-corrected chi connectivity index (χ2v) is 26.6. The van der Waals surface area contributed by atoms with Crippen LogP contribution in [0.25, 0.3) is 0 Å². The van der Waals surface area contributed by atoms with Gasteiger partial charge in [-0.15, -0.1) is 0 Å². The van der Waals surface area contributed by atoms with Crippen LogP contribution < -0.4 is 14.2 Å². The van der Waals surface area contributed by atoms with Gasteiger partial charge in [0.1, 0.15) is 40.7 Å². The second kappa shape index (κ2) is 21.5. The first kappa shape index (κ1) is 62.9. The molecule has 3 aromatic rings. The van der Waals surface area contributed by atoms with E-state index >= 15 is 13.2 Å². The van der Waals surface area contributed by atoms with E-state index < -0.39 is 162 Å². The van der Waals surface area contributed by atoms with E-state index in [1.165, 1.54) is 34.7 Å². The molecule has 0 bridgehead atoms. The van der Waals surface area contributed by atoms with Crippen molar-refractivity contribution in [2.45, 2.75) is 131 Å². The van der Waals surface area contributed by atoms with Gasteiger partial charge < -0.3 is 42.9 Å². The van der Waals surface area contributed by atoms with Crippen molar-refractivity contribution in [2.24, 2.45) is 36.6 Å². The molecule has 6 aliphatic rings. The molecule has 24 nitrogen and oxygen atoms in total. The number of halogens is 12. The smallest absolute Gasteiger partial charge is 0.435 e. The van der Waals surface area contributed by atoms with Crippen molar-refractivity contribution in [3.8, 4) is 17.6 Å². The van der Waals surface area contributed by atoms with Crippen LogP contribution in [0.1, 0.15) is 100 Å². The van der Waals surface area contributed by atoms with Crippen molar-refractivity contribution in [3.05, 3.63) is 33.8 Å². The van der Waals surface area contributed by atoms with E-state index in [1.54, 1.807) is 13.8 Å². The van der Waals surface area contributed by atoms with Crippen molar-refractivity contribution in [1.82, 2.24) is 29.3 Å². The summed E-state index contributed by atoms with van der Waals surface area (Å²) in [5, 5.41) is 12.7. The van der Waals surface area contributed by atoms with Crippen LogP contribution in [0.4, 0.5) is 52.7 Å². The number of aryl methyl sites for hydroxylation is 3. The molecule has 9 rings (SSSR count). The maximum absolute atomic E-state index is 15.1. The fourth-order valence-electron chi connectivity index (χ4n) is 7.66. The number of aromatic nitrogens is 6. The first-order valence-electron chi connectivity index (χ1n) is 23.5. The van der Waals surface area contributed by atoms with Crippen LogP contribution in [0.3, 0.4) is 0 Å². The summed E-state index contributed by atoms with van der Waals surface area (Å²) in [4.78, 5) is 14.7. The number of sulfone groups is 3. The Bertz CT molecular complexity index is 3320. The summed E-state index contributed by atoms with van der Waals surface area (Å²) in [5.41, 5.74) is -14.8. The topological polar surface area (TPSA) is 276 Å². The third-order valence-electron chi connectivity index (χ3n) is 11.9. The number of hydrogen-bond acceptors (Lipinski definition) is 21. The fourth-order valence-corrected chi connectivity index (χ4v) is 12.1. The normalized spacial score (nSPS) is 20.8. The lowest BCUT2D eigenvalue weighted by Gasteiger charge is -2.28. The molecule has 0 saturated carbocycles. The maximum Gasteiger partial charge on any atom is 0.435 e. The number of nitrogens with zero attached hydrogens (tertiary/aromatic N) is 9. The number of rotatable bonds is 12. The van der Waals surface area contributed by atoms with Gasteiger partial charge in [0.15, 0.2) is 42.1 Å². The third-order valence-corrected chi connectivity index (χ3v) is 16.9. The van der Waals surface area contributed by atoms with E-state index in [2.05, 4.69) is 30.8 Å². The Morgan fingerprint density at radius 1 is 0.531 bits per heavy atom. The summed E-state index contributed by atoms with van der Waals surface area (Å²) in [7, 11) is -11.4. The Morgan fingerprint density at radius 3 is 1.28 bits per heavy atom. The summed E-state index contributed by atoms with van der Waals surface area (Å²) in [6.45, 7) is 9.62. The molecule has 456 valence electrons. The van der Waals surface area contributed by atoms with E-state index in [-0.39, 0.29) is 63.4 Å². The molecule has 0 amide bonds. The van der Waals surface area contributed by atoms with Crippen LogP contribution in [0, 0.1) is 0 Å². The van der Waals surface area contributed by atoms with E-state index in [4.69, 9.17) is 42.9 Å². The number of alkyl halides is 12. The predicted octanol–water partition coefficient (Wildman–Crippen LogP) is 5.95.